The molecule has 2 saturated heterocycles. The largest absolute Gasteiger partial charge is 0.493 e. The van der Waals surface area contributed by atoms with Crippen LogP contribution in [-0.4, -0.2) is 37.8 Å². The van der Waals surface area contributed by atoms with Crippen LogP contribution in [0.25, 0.3) is 0 Å². The van der Waals surface area contributed by atoms with Crippen LogP contribution in [0.4, 0.5) is 0 Å². The zero-order chi connectivity index (χ0) is 14.5. The molecule has 0 aliphatic carbocycles. The number of rotatable bonds is 4. The lowest BCUT2D eigenvalue weighted by molar-refractivity contribution is 0.198. The standard InChI is InChI=1S/C17H25NO2S/c1-19-16-8-2-7-15(13-5-3-9-18-11-13)17(16)20-14-6-4-10-21-12-14/h2,7-8,13-14,18H,3-6,9-12H2,1H3. The minimum absolute atomic E-state index is 0.329. The third kappa shape index (κ3) is 3.67. The molecule has 2 unspecified atom stereocenters. The Balaban J connectivity index is 1.83. The molecule has 2 atom stereocenters. The SMILES string of the molecule is COc1cccc(C2CCCNC2)c1OC1CCCSC1. The molecule has 2 heterocycles. The molecule has 21 heavy (non-hydrogen) atoms. The summed E-state index contributed by atoms with van der Waals surface area (Å²) in [4.78, 5) is 0. The lowest BCUT2D eigenvalue weighted by Gasteiger charge is -2.29. The number of methoxy groups -OCH3 is 1. The van der Waals surface area contributed by atoms with Crippen molar-refractivity contribution in [3.8, 4) is 11.5 Å². The Morgan fingerprint density at radius 3 is 2.90 bits per heavy atom. The van der Waals surface area contributed by atoms with Crippen LogP contribution in [0.3, 0.4) is 0 Å². The van der Waals surface area contributed by atoms with Crippen LogP contribution in [0, 0.1) is 0 Å². The molecular formula is C17H25NO2S. The van der Waals surface area contributed by atoms with Crippen molar-refractivity contribution >= 4 is 11.8 Å². The topological polar surface area (TPSA) is 30.5 Å². The van der Waals surface area contributed by atoms with Crippen molar-refractivity contribution in [2.24, 2.45) is 0 Å². The highest BCUT2D eigenvalue weighted by molar-refractivity contribution is 7.99. The predicted octanol–water partition coefficient (Wildman–Crippen LogP) is 3.44. The maximum Gasteiger partial charge on any atom is 0.165 e. The second kappa shape index (κ2) is 7.41. The Morgan fingerprint density at radius 2 is 2.19 bits per heavy atom. The Hall–Kier alpha value is -0.870. The Labute approximate surface area is 131 Å². The van der Waals surface area contributed by atoms with Crippen molar-refractivity contribution < 1.29 is 9.47 Å². The second-order valence-corrected chi connectivity index (χ2v) is 7.03. The second-order valence-electron chi connectivity index (χ2n) is 5.88. The van der Waals surface area contributed by atoms with Gasteiger partial charge in [0.15, 0.2) is 11.5 Å². The van der Waals surface area contributed by atoms with Gasteiger partial charge in [0.05, 0.1) is 7.11 Å². The fourth-order valence-corrected chi connectivity index (χ4v) is 4.26. The molecule has 2 aliphatic heterocycles. The van der Waals surface area contributed by atoms with Gasteiger partial charge in [0.1, 0.15) is 6.10 Å². The van der Waals surface area contributed by atoms with Gasteiger partial charge >= 0.3 is 0 Å². The molecule has 1 N–H and O–H groups in total. The molecule has 2 fully saturated rings. The van der Waals surface area contributed by atoms with Crippen molar-refractivity contribution in [2.45, 2.75) is 37.7 Å². The molecule has 0 amide bonds. The molecule has 0 aromatic heterocycles. The van der Waals surface area contributed by atoms with Crippen LogP contribution < -0.4 is 14.8 Å². The summed E-state index contributed by atoms with van der Waals surface area (Å²) in [6.45, 7) is 2.18. The number of para-hydroxylation sites is 1. The van der Waals surface area contributed by atoms with E-state index in [2.05, 4.69) is 17.4 Å². The fourth-order valence-electron chi connectivity index (χ4n) is 3.23. The molecule has 0 spiro atoms. The molecule has 1 aromatic carbocycles. The highest BCUT2D eigenvalue weighted by atomic mass is 32.2. The van der Waals surface area contributed by atoms with E-state index in [-0.39, 0.29) is 0 Å². The summed E-state index contributed by atoms with van der Waals surface area (Å²) in [5.74, 6) is 4.78. The number of benzene rings is 1. The average Bonchev–Trinajstić information content (AvgIpc) is 2.57. The van der Waals surface area contributed by atoms with Crippen molar-refractivity contribution in [1.82, 2.24) is 5.32 Å². The summed E-state index contributed by atoms with van der Waals surface area (Å²) in [5, 5.41) is 3.50. The van der Waals surface area contributed by atoms with Gasteiger partial charge in [-0.15, -0.1) is 0 Å². The summed E-state index contributed by atoms with van der Waals surface area (Å²) in [5.41, 5.74) is 1.32. The van der Waals surface area contributed by atoms with Crippen molar-refractivity contribution in [3.63, 3.8) is 0 Å². The van der Waals surface area contributed by atoms with Crippen molar-refractivity contribution in [3.05, 3.63) is 23.8 Å². The summed E-state index contributed by atoms with van der Waals surface area (Å²) >= 11 is 2.00. The zero-order valence-electron chi connectivity index (χ0n) is 12.8. The summed E-state index contributed by atoms with van der Waals surface area (Å²) in [6, 6.07) is 6.32. The molecule has 116 valence electrons. The molecule has 1 aromatic rings. The minimum atomic E-state index is 0.329. The highest BCUT2D eigenvalue weighted by Gasteiger charge is 2.24. The summed E-state index contributed by atoms with van der Waals surface area (Å²) in [6.07, 6.45) is 5.21. The van der Waals surface area contributed by atoms with Gasteiger partial charge in [-0.3, -0.25) is 0 Å². The van der Waals surface area contributed by atoms with Crippen LogP contribution in [0.1, 0.15) is 37.2 Å². The number of ether oxygens (including phenoxy) is 2. The molecule has 0 bridgehead atoms. The van der Waals surface area contributed by atoms with E-state index in [1.165, 1.54) is 30.6 Å². The van der Waals surface area contributed by atoms with Crippen LogP contribution in [0.2, 0.25) is 0 Å². The van der Waals surface area contributed by atoms with Gasteiger partial charge in [0, 0.05) is 23.8 Å². The van der Waals surface area contributed by atoms with E-state index in [0.717, 1.165) is 36.8 Å². The molecule has 3 nitrogen and oxygen atoms in total. The monoisotopic (exact) mass is 307 g/mol. The first-order valence-corrected chi connectivity index (χ1v) is 9.16. The van der Waals surface area contributed by atoms with E-state index in [9.17, 15) is 0 Å². The lowest BCUT2D eigenvalue weighted by Crippen LogP contribution is -2.29. The van der Waals surface area contributed by atoms with Crippen molar-refractivity contribution in [2.75, 3.05) is 31.7 Å². The number of piperidine rings is 1. The highest BCUT2D eigenvalue weighted by Crippen LogP contribution is 2.39. The molecular weight excluding hydrogens is 282 g/mol. The van der Waals surface area contributed by atoms with Crippen LogP contribution in [0.15, 0.2) is 18.2 Å². The third-order valence-electron chi connectivity index (χ3n) is 4.37. The number of thioether (sulfide) groups is 1. The maximum absolute atomic E-state index is 6.39. The zero-order valence-corrected chi connectivity index (χ0v) is 13.6. The smallest absolute Gasteiger partial charge is 0.165 e. The average molecular weight is 307 g/mol. The van der Waals surface area contributed by atoms with E-state index in [1.54, 1.807) is 7.11 Å². The van der Waals surface area contributed by atoms with Crippen molar-refractivity contribution in [1.29, 1.82) is 0 Å². The molecule has 0 saturated carbocycles. The first-order valence-electron chi connectivity index (χ1n) is 8.00. The van der Waals surface area contributed by atoms with Gasteiger partial charge in [-0.2, -0.15) is 11.8 Å². The van der Waals surface area contributed by atoms with Gasteiger partial charge in [0.25, 0.3) is 0 Å². The van der Waals surface area contributed by atoms with Crippen LogP contribution >= 0.6 is 11.8 Å². The van der Waals surface area contributed by atoms with Crippen LogP contribution in [-0.2, 0) is 0 Å². The molecule has 0 radical (unpaired) electrons. The van der Waals surface area contributed by atoms with Gasteiger partial charge in [-0.05, 0) is 44.0 Å². The third-order valence-corrected chi connectivity index (χ3v) is 5.55. The number of hydrogen-bond donors (Lipinski definition) is 1. The van der Waals surface area contributed by atoms with E-state index in [0.29, 0.717) is 12.0 Å². The fraction of sp³-hybridized carbons (Fsp3) is 0.647. The van der Waals surface area contributed by atoms with Crippen LogP contribution in [0.5, 0.6) is 11.5 Å². The molecule has 3 rings (SSSR count). The lowest BCUT2D eigenvalue weighted by atomic mass is 9.90. The molecule has 2 aliphatic rings. The number of hydrogen-bond acceptors (Lipinski definition) is 4. The first-order chi connectivity index (χ1) is 10.4. The Morgan fingerprint density at radius 1 is 1.24 bits per heavy atom. The summed E-state index contributed by atoms with van der Waals surface area (Å²) in [7, 11) is 1.74. The van der Waals surface area contributed by atoms with E-state index >= 15 is 0 Å². The summed E-state index contributed by atoms with van der Waals surface area (Å²) < 4.78 is 12.0. The quantitative estimate of drug-likeness (QED) is 0.923. The van der Waals surface area contributed by atoms with E-state index in [1.807, 2.05) is 17.8 Å². The first kappa shape index (κ1) is 15.0. The van der Waals surface area contributed by atoms with Gasteiger partial charge in [0.2, 0.25) is 0 Å². The van der Waals surface area contributed by atoms with E-state index < -0.39 is 0 Å². The normalized spacial score (nSPS) is 26.3. The van der Waals surface area contributed by atoms with E-state index in [4.69, 9.17) is 9.47 Å². The number of nitrogens with one attached hydrogen (secondary N) is 1. The maximum atomic E-state index is 6.39. The van der Waals surface area contributed by atoms with Gasteiger partial charge in [-0.1, -0.05) is 12.1 Å². The predicted molar refractivity (Wildman–Crippen MR) is 88.8 cm³/mol. The van der Waals surface area contributed by atoms with Gasteiger partial charge in [-0.25, -0.2) is 0 Å². The minimum Gasteiger partial charge on any atom is -0.493 e. The van der Waals surface area contributed by atoms with Gasteiger partial charge < -0.3 is 14.8 Å². The Bertz CT molecular complexity index is 454. The molecule has 4 heteroatoms. The Kier molecular flexibility index (Phi) is 5.31.